The van der Waals surface area contributed by atoms with Crippen LogP contribution in [-0.4, -0.2) is 19.9 Å². The van der Waals surface area contributed by atoms with Gasteiger partial charge in [0.2, 0.25) is 0 Å². The standard InChI is InChI=1S/C8H11FO/c1-2-8(7-9)3-5-10-6-4-8/h1H,3-7H2. The zero-order valence-electron chi connectivity index (χ0n) is 5.90. The molecule has 0 aromatic rings. The number of ether oxygens (including phenoxy) is 1. The predicted octanol–water partition coefficient (Wildman–Crippen LogP) is 1.39. The molecule has 0 saturated carbocycles. The first kappa shape index (κ1) is 7.56. The quantitative estimate of drug-likeness (QED) is 0.503. The van der Waals surface area contributed by atoms with Crippen LogP contribution in [0.4, 0.5) is 4.39 Å². The smallest absolute Gasteiger partial charge is 0.106 e. The molecule has 10 heavy (non-hydrogen) atoms. The van der Waals surface area contributed by atoms with Gasteiger partial charge in [-0.3, -0.25) is 0 Å². The molecule has 2 heteroatoms. The summed E-state index contributed by atoms with van der Waals surface area (Å²) in [6.07, 6.45) is 6.54. The highest BCUT2D eigenvalue weighted by molar-refractivity contribution is 5.06. The molecule has 0 N–H and O–H groups in total. The zero-order valence-corrected chi connectivity index (χ0v) is 5.90. The van der Waals surface area contributed by atoms with Gasteiger partial charge in [-0.15, -0.1) is 6.42 Å². The van der Waals surface area contributed by atoms with Crippen molar-refractivity contribution < 1.29 is 9.13 Å². The largest absolute Gasteiger partial charge is 0.381 e. The second-order valence-corrected chi connectivity index (χ2v) is 2.67. The van der Waals surface area contributed by atoms with Gasteiger partial charge in [0.1, 0.15) is 6.67 Å². The van der Waals surface area contributed by atoms with Crippen molar-refractivity contribution in [1.82, 2.24) is 0 Å². The minimum atomic E-state index is -0.502. The van der Waals surface area contributed by atoms with E-state index in [2.05, 4.69) is 5.92 Å². The number of terminal acetylenes is 1. The van der Waals surface area contributed by atoms with Gasteiger partial charge in [-0.05, 0) is 12.8 Å². The Kier molecular flexibility index (Phi) is 2.29. The van der Waals surface area contributed by atoms with E-state index in [0.29, 0.717) is 26.1 Å². The van der Waals surface area contributed by atoms with Gasteiger partial charge >= 0.3 is 0 Å². The van der Waals surface area contributed by atoms with Gasteiger partial charge in [0, 0.05) is 13.2 Å². The average Bonchev–Trinajstić information content (AvgIpc) is 2.06. The van der Waals surface area contributed by atoms with Gasteiger partial charge in [-0.25, -0.2) is 4.39 Å². The van der Waals surface area contributed by atoms with E-state index in [0.717, 1.165) is 0 Å². The number of hydrogen-bond acceptors (Lipinski definition) is 1. The van der Waals surface area contributed by atoms with Crippen molar-refractivity contribution in [3.8, 4) is 12.3 Å². The summed E-state index contributed by atoms with van der Waals surface area (Å²) in [5.41, 5.74) is -0.502. The van der Waals surface area contributed by atoms with Crippen molar-refractivity contribution in [2.45, 2.75) is 12.8 Å². The summed E-state index contributed by atoms with van der Waals surface area (Å²) >= 11 is 0. The fourth-order valence-corrected chi connectivity index (χ4v) is 1.08. The first-order valence-corrected chi connectivity index (χ1v) is 3.44. The highest BCUT2D eigenvalue weighted by atomic mass is 19.1. The molecule has 1 aliphatic rings. The first-order valence-electron chi connectivity index (χ1n) is 3.44. The molecule has 0 aromatic carbocycles. The monoisotopic (exact) mass is 142 g/mol. The van der Waals surface area contributed by atoms with Crippen molar-refractivity contribution in [2.24, 2.45) is 5.41 Å². The van der Waals surface area contributed by atoms with Crippen molar-refractivity contribution in [3.05, 3.63) is 0 Å². The van der Waals surface area contributed by atoms with Crippen LogP contribution in [0.1, 0.15) is 12.8 Å². The van der Waals surface area contributed by atoms with E-state index >= 15 is 0 Å². The van der Waals surface area contributed by atoms with Gasteiger partial charge in [0.05, 0.1) is 5.41 Å². The summed E-state index contributed by atoms with van der Waals surface area (Å²) in [6.45, 7) is 0.801. The first-order chi connectivity index (χ1) is 4.83. The Morgan fingerprint density at radius 2 is 2.10 bits per heavy atom. The zero-order chi connectivity index (χ0) is 7.45. The van der Waals surface area contributed by atoms with Crippen LogP contribution in [0, 0.1) is 17.8 Å². The fourth-order valence-electron chi connectivity index (χ4n) is 1.08. The van der Waals surface area contributed by atoms with Crippen LogP contribution in [-0.2, 0) is 4.74 Å². The third kappa shape index (κ3) is 1.30. The van der Waals surface area contributed by atoms with Gasteiger partial charge in [-0.2, -0.15) is 0 Å². The third-order valence-corrected chi connectivity index (χ3v) is 2.01. The topological polar surface area (TPSA) is 9.23 Å². The highest BCUT2D eigenvalue weighted by Crippen LogP contribution is 2.29. The molecule has 1 aliphatic heterocycles. The lowest BCUT2D eigenvalue weighted by Crippen LogP contribution is -2.29. The van der Waals surface area contributed by atoms with Crippen LogP contribution in [0.3, 0.4) is 0 Å². The van der Waals surface area contributed by atoms with E-state index in [1.807, 2.05) is 0 Å². The second-order valence-electron chi connectivity index (χ2n) is 2.67. The molecule has 56 valence electrons. The number of alkyl halides is 1. The van der Waals surface area contributed by atoms with Crippen LogP contribution in [0.5, 0.6) is 0 Å². The molecule has 0 radical (unpaired) electrons. The number of hydrogen-bond donors (Lipinski definition) is 0. The van der Waals surface area contributed by atoms with E-state index < -0.39 is 12.1 Å². The molecule has 0 amide bonds. The van der Waals surface area contributed by atoms with E-state index in [4.69, 9.17) is 11.2 Å². The summed E-state index contributed by atoms with van der Waals surface area (Å²) in [5, 5.41) is 0. The van der Waals surface area contributed by atoms with E-state index in [-0.39, 0.29) is 0 Å². The Morgan fingerprint density at radius 3 is 2.40 bits per heavy atom. The second kappa shape index (κ2) is 3.03. The molecule has 1 rings (SSSR count). The highest BCUT2D eigenvalue weighted by Gasteiger charge is 2.30. The van der Waals surface area contributed by atoms with Crippen LogP contribution in [0.25, 0.3) is 0 Å². The predicted molar refractivity (Wildman–Crippen MR) is 37.3 cm³/mol. The van der Waals surface area contributed by atoms with Crippen molar-refractivity contribution in [1.29, 1.82) is 0 Å². The van der Waals surface area contributed by atoms with Crippen molar-refractivity contribution >= 4 is 0 Å². The summed E-state index contributed by atoms with van der Waals surface area (Å²) in [7, 11) is 0. The lowest BCUT2D eigenvalue weighted by molar-refractivity contribution is 0.0308. The summed E-state index contributed by atoms with van der Waals surface area (Å²) in [5.74, 6) is 2.51. The Bertz CT molecular complexity index is 142. The van der Waals surface area contributed by atoms with Gasteiger partial charge < -0.3 is 4.74 Å². The van der Waals surface area contributed by atoms with E-state index in [1.165, 1.54) is 0 Å². The van der Waals surface area contributed by atoms with Crippen LogP contribution >= 0.6 is 0 Å². The number of rotatable bonds is 1. The lowest BCUT2D eigenvalue weighted by atomic mass is 9.83. The lowest BCUT2D eigenvalue weighted by Gasteiger charge is -2.29. The maximum Gasteiger partial charge on any atom is 0.106 e. The van der Waals surface area contributed by atoms with Crippen LogP contribution in [0.15, 0.2) is 0 Å². The molecule has 0 bridgehead atoms. The maximum absolute atomic E-state index is 12.3. The minimum Gasteiger partial charge on any atom is -0.381 e. The van der Waals surface area contributed by atoms with Crippen molar-refractivity contribution in [2.75, 3.05) is 19.9 Å². The number of halogens is 1. The Morgan fingerprint density at radius 1 is 1.50 bits per heavy atom. The molecule has 1 heterocycles. The molecular weight excluding hydrogens is 131 g/mol. The maximum atomic E-state index is 12.3. The molecular formula is C8H11FO. The average molecular weight is 142 g/mol. The molecule has 1 saturated heterocycles. The van der Waals surface area contributed by atoms with Gasteiger partial charge in [0.25, 0.3) is 0 Å². The third-order valence-electron chi connectivity index (χ3n) is 2.01. The van der Waals surface area contributed by atoms with Gasteiger partial charge in [0.15, 0.2) is 0 Å². The Labute approximate surface area is 60.6 Å². The Hall–Kier alpha value is -0.550. The van der Waals surface area contributed by atoms with Crippen molar-refractivity contribution in [3.63, 3.8) is 0 Å². The molecule has 1 nitrogen and oxygen atoms in total. The molecule has 0 spiro atoms. The van der Waals surface area contributed by atoms with Crippen LogP contribution in [0.2, 0.25) is 0 Å². The normalized spacial score (nSPS) is 23.6. The van der Waals surface area contributed by atoms with E-state index in [1.54, 1.807) is 0 Å². The molecule has 0 aliphatic carbocycles. The van der Waals surface area contributed by atoms with Crippen LogP contribution < -0.4 is 0 Å². The molecule has 0 atom stereocenters. The molecule has 0 unspecified atom stereocenters. The summed E-state index contributed by atoms with van der Waals surface area (Å²) in [6, 6.07) is 0. The molecule has 0 aromatic heterocycles. The SMILES string of the molecule is C#CC1(CF)CCOCC1. The molecule has 1 fully saturated rings. The van der Waals surface area contributed by atoms with Gasteiger partial charge in [-0.1, -0.05) is 5.92 Å². The summed E-state index contributed by atoms with van der Waals surface area (Å²) < 4.78 is 17.4. The minimum absolute atomic E-state index is 0.410. The Balaban J connectivity index is 2.55. The summed E-state index contributed by atoms with van der Waals surface area (Å²) in [4.78, 5) is 0. The fraction of sp³-hybridized carbons (Fsp3) is 0.750. The van der Waals surface area contributed by atoms with E-state index in [9.17, 15) is 4.39 Å².